The van der Waals surface area contributed by atoms with E-state index in [2.05, 4.69) is 31.8 Å². The Bertz CT molecular complexity index is 905. The van der Waals surface area contributed by atoms with E-state index in [9.17, 15) is 0 Å². The largest absolute Gasteiger partial charge is 0.383 e. The Balaban J connectivity index is 1.63. The van der Waals surface area contributed by atoms with Gasteiger partial charge < -0.3 is 10.3 Å². The van der Waals surface area contributed by atoms with Gasteiger partial charge in [-0.05, 0) is 60.9 Å². The predicted octanol–water partition coefficient (Wildman–Crippen LogP) is 3.56. The number of nitrogens with zero attached hydrogens (tertiary/aromatic N) is 4. The average Bonchev–Trinajstić information content (AvgIpc) is 3.07. The third kappa shape index (κ3) is 2.72. The Kier molecular flexibility index (Phi) is 3.67. The molecule has 0 saturated heterocycles. The lowest BCUT2D eigenvalue weighted by molar-refractivity contribution is 0.988. The average molecular weight is 315 g/mol. The number of hydrogen-bond acceptors (Lipinski definition) is 3. The van der Waals surface area contributed by atoms with Crippen molar-refractivity contribution < 1.29 is 0 Å². The van der Waals surface area contributed by atoms with E-state index in [0.717, 1.165) is 35.6 Å². The number of rotatable bonds is 3. The number of aromatic nitrogens is 2. The Hall–Kier alpha value is -3.21. The van der Waals surface area contributed by atoms with Crippen LogP contribution in [0.25, 0.3) is 5.69 Å². The van der Waals surface area contributed by atoms with Gasteiger partial charge in [-0.3, -0.25) is 4.98 Å². The molecule has 2 N–H and O–H groups in total. The lowest BCUT2D eigenvalue weighted by atomic mass is 10.1. The minimum atomic E-state index is 0.486. The molecule has 0 fully saturated rings. The number of amidine groups is 1. The maximum absolute atomic E-state index is 6.11. The molecule has 24 heavy (non-hydrogen) atoms. The summed E-state index contributed by atoms with van der Waals surface area (Å²) >= 11 is 0. The van der Waals surface area contributed by atoms with Gasteiger partial charge in [-0.2, -0.15) is 0 Å². The first-order valence-electron chi connectivity index (χ1n) is 7.89. The van der Waals surface area contributed by atoms with Crippen molar-refractivity contribution in [3.05, 3.63) is 72.2 Å². The summed E-state index contributed by atoms with van der Waals surface area (Å²) in [6.07, 6.45) is 9.51. The number of hydrogen-bond donors (Lipinski definition) is 1. The molecule has 1 aliphatic rings. The second kappa shape index (κ2) is 6.12. The number of nitrogens with two attached hydrogens (primary N) is 1. The molecule has 3 aromatic rings. The molecule has 1 aliphatic heterocycles. The Labute approximate surface area is 140 Å². The molecule has 0 atom stereocenters. The molecule has 0 spiro atoms. The van der Waals surface area contributed by atoms with Crippen molar-refractivity contribution in [3.63, 3.8) is 0 Å². The van der Waals surface area contributed by atoms with Crippen LogP contribution in [-0.4, -0.2) is 21.6 Å². The maximum Gasteiger partial charge on any atom is 0.139 e. The number of pyridine rings is 1. The van der Waals surface area contributed by atoms with Crippen LogP contribution in [0.3, 0.4) is 0 Å². The summed E-state index contributed by atoms with van der Waals surface area (Å²) in [6, 6.07) is 13.8. The molecular formula is C19H17N5. The van der Waals surface area contributed by atoms with Crippen LogP contribution in [0.5, 0.6) is 0 Å². The van der Waals surface area contributed by atoms with Crippen molar-refractivity contribution in [2.45, 2.75) is 12.8 Å². The van der Waals surface area contributed by atoms with Crippen LogP contribution in [0.15, 0.2) is 71.0 Å². The van der Waals surface area contributed by atoms with Crippen LogP contribution in [0.2, 0.25) is 0 Å². The van der Waals surface area contributed by atoms with Crippen molar-refractivity contribution in [3.8, 4) is 5.69 Å². The van der Waals surface area contributed by atoms with Crippen LogP contribution < -0.4 is 5.73 Å². The lowest BCUT2D eigenvalue weighted by Gasteiger charge is -2.11. The van der Waals surface area contributed by atoms with Gasteiger partial charge in [-0.25, -0.2) is 9.98 Å². The highest BCUT2D eigenvalue weighted by atomic mass is 15.1. The van der Waals surface area contributed by atoms with E-state index >= 15 is 0 Å². The standard InChI is InChI=1S/C19H17N5/c20-18(23-16-7-11-21-12-8-16)14-3-5-17(6-4-14)24-13-9-15-2-1-10-22-19(15)24/h3-13H,1-2H2,(H2,20,21,23). The van der Waals surface area contributed by atoms with Crippen LogP contribution in [-0.2, 0) is 6.42 Å². The van der Waals surface area contributed by atoms with Crippen LogP contribution in [0.1, 0.15) is 17.5 Å². The van der Waals surface area contributed by atoms with E-state index in [1.165, 1.54) is 5.56 Å². The van der Waals surface area contributed by atoms with Gasteiger partial charge in [-0.15, -0.1) is 0 Å². The molecule has 5 nitrogen and oxygen atoms in total. The fourth-order valence-corrected chi connectivity index (χ4v) is 2.80. The monoisotopic (exact) mass is 315 g/mol. The third-order valence-electron chi connectivity index (χ3n) is 4.05. The normalized spacial score (nSPS) is 13.8. The first-order valence-corrected chi connectivity index (χ1v) is 7.89. The molecule has 0 bridgehead atoms. The van der Waals surface area contributed by atoms with Gasteiger partial charge in [0.25, 0.3) is 0 Å². The molecular weight excluding hydrogens is 298 g/mol. The second-order valence-corrected chi connectivity index (χ2v) is 5.63. The molecule has 4 rings (SSSR count). The Morgan fingerprint density at radius 1 is 1.04 bits per heavy atom. The zero-order valence-electron chi connectivity index (χ0n) is 13.1. The molecule has 118 valence electrons. The van der Waals surface area contributed by atoms with Crippen molar-refractivity contribution >= 4 is 23.6 Å². The summed E-state index contributed by atoms with van der Waals surface area (Å²) in [6.45, 7) is 0. The van der Waals surface area contributed by atoms with Gasteiger partial charge in [0.1, 0.15) is 11.7 Å². The zero-order valence-corrected chi connectivity index (χ0v) is 13.1. The van der Waals surface area contributed by atoms with Gasteiger partial charge >= 0.3 is 0 Å². The van der Waals surface area contributed by atoms with Gasteiger partial charge in [0.2, 0.25) is 0 Å². The third-order valence-corrected chi connectivity index (χ3v) is 4.05. The summed E-state index contributed by atoms with van der Waals surface area (Å²) in [5, 5.41) is 0. The second-order valence-electron chi connectivity index (χ2n) is 5.63. The van der Waals surface area contributed by atoms with Gasteiger partial charge in [0.15, 0.2) is 0 Å². The number of aliphatic imine (C=N–C) groups is 2. The SMILES string of the molecule is N/C(=N/c1ccncc1)c1ccc(-n2ccc3c2N=CCC3)cc1. The van der Waals surface area contributed by atoms with E-state index in [4.69, 9.17) is 5.73 Å². The predicted molar refractivity (Wildman–Crippen MR) is 96.9 cm³/mol. The maximum atomic E-state index is 6.11. The Morgan fingerprint density at radius 2 is 1.83 bits per heavy atom. The van der Waals surface area contributed by atoms with Crippen molar-refractivity contribution in [2.24, 2.45) is 15.7 Å². The first-order chi connectivity index (χ1) is 11.8. The number of aryl methyl sites for hydroxylation is 1. The minimum Gasteiger partial charge on any atom is -0.383 e. The van der Waals surface area contributed by atoms with Gasteiger partial charge in [0, 0.05) is 36.1 Å². The fourth-order valence-electron chi connectivity index (χ4n) is 2.80. The molecule has 5 heteroatoms. The first kappa shape index (κ1) is 14.4. The highest BCUT2D eigenvalue weighted by Gasteiger charge is 2.12. The number of fused-ring (bicyclic) bond motifs is 1. The summed E-state index contributed by atoms with van der Waals surface area (Å²) in [4.78, 5) is 12.9. The molecule has 0 amide bonds. The quantitative estimate of drug-likeness (QED) is 0.593. The van der Waals surface area contributed by atoms with Crippen LogP contribution in [0.4, 0.5) is 11.5 Å². The van der Waals surface area contributed by atoms with E-state index in [1.807, 2.05) is 42.6 Å². The molecule has 3 heterocycles. The highest BCUT2D eigenvalue weighted by molar-refractivity contribution is 5.99. The summed E-state index contributed by atoms with van der Waals surface area (Å²) < 4.78 is 2.10. The van der Waals surface area contributed by atoms with E-state index in [-0.39, 0.29) is 0 Å². The summed E-state index contributed by atoms with van der Waals surface area (Å²) in [5.74, 6) is 1.51. The van der Waals surface area contributed by atoms with Gasteiger partial charge in [0.05, 0.1) is 5.69 Å². The topological polar surface area (TPSA) is 68.6 Å². The van der Waals surface area contributed by atoms with Crippen LogP contribution >= 0.6 is 0 Å². The molecule has 0 aliphatic carbocycles. The molecule has 0 radical (unpaired) electrons. The molecule has 0 saturated carbocycles. The van der Waals surface area contributed by atoms with Crippen molar-refractivity contribution in [2.75, 3.05) is 0 Å². The van der Waals surface area contributed by atoms with Gasteiger partial charge in [-0.1, -0.05) is 0 Å². The van der Waals surface area contributed by atoms with Crippen molar-refractivity contribution in [1.82, 2.24) is 9.55 Å². The smallest absolute Gasteiger partial charge is 0.139 e. The zero-order chi connectivity index (χ0) is 16.4. The fraction of sp³-hybridized carbons (Fsp3) is 0.105. The number of benzene rings is 1. The molecule has 0 unspecified atom stereocenters. The highest BCUT2D eigenvalue weighted by Crippen LogP contribution is 2.28. The summed E-state index contributed by atoms with van der Waals surface area (Å²) in [7, 11) is 0. The van der Waals surface area contributed by atoms with E-state index in [1.54, 1.807) is 12.4 Å². The Morgan fingerprint density at radius 3 is 2.62 bits per heavy atom. The van der Waals surface area contributed by atoms with E-state index < -0.39 is 0 Å². The molecule has 1 aromatic carbocycles. The van der Waals surface area contributed by atoms with E-state index in [0.29, 0.717) is 5.84 Å². The molecule has 2 aromatic heterocycles. The minimum absolute atomic E-state index is 0.486. The lowest BCUT2D eigenvalue weighted by Crippen LogP contribution is -2.12. The van der Waals surface area contributed by atoms with Crippen LogP contribution in [0, 0.1) is 0 Å². The summed E-state index contributed by atoms with van der Waals surface area (Å²) in [5.41, 5.74) is 10.1. The van der Waals surface area contributed by atoms with Crippen molar-refractivity contribution in [1.29, 1.82) is 0 Å².